The minimum absolute atomic E-state index is 0.277. The maximum Gasteiger partial charge on any atom is 0.312 e. The monoisotopic (exact) mass is 434 g/mol. The lowest BCUT2D eigenvalue weighted by molar-refractivity contribution is -0.397. The quantitative estimate of drug-likeness (QED) is 0.637. The summed E-state index contributed by atoms with van der Waals surface area (Å²) >= 11 is 0. The summed E-state index contributed by atoms with van der Waals surface area (Å²) in [5.74, 6) is -0.700. The first-order valence-electron chi connectivity index (χ1n) is 11.0. The highest BCUT2D eigenvalue weighted by molar-refractivity contribution is 5.78. The molecule has 2 aliphatic heterocycles. The predicted molar refractivity (Wildman–Crippen MR) is 112 cm³/mol. The van der Waals surface area contributed by atoms with Crippen LogP contribution in [0.2, 0.25) is 0 Å². The van der Waals surface area contributed by atoms with Gasteiger partial charge in [-0.3, -0.25) is 4.79 Å². The van der Waals surface area contributed by atoms with E-state index in [0.717, 1.165) is 5.56 Å². The molecular formula is C24H34O7. The van der Waals surface area contributed by atoms with Gasteiger partial charge in [0.05, 0.1) is 30.3 Å². The van der Waals surface area contributed by atoms with Crippen LogP contribution >= 0.6 is 0 Å². The Morgan fingerprint density at radius 1 is 1.03 bits per heavy atom. The van der Waals surface area contributed by atoms with Gasteiger partial charge in [0.1, 0.15) is 23.9 Å². The molecule has 1 aromatic carbocycles. The molecule has 0 amide bonds. The van der Waals surface area contributed by atoms with Gasteiger partial charge in [0.25, 0.3) is 0 Å². The second-order valence-electron chi connectivity index (χ2n) is 9.59. The zero-order chi connectivity index (χ0) is 22.4. The summed E-state index contributed by atoms with van der Waals surface area (Å²) in [4.78, 5) is 12.6. The Hall–Kier alpha value is -1.51. The third kappa shape index (κ3) is 3.91. The molecule has 1 spiro atoms. The van der Waals surface area contributed by atoms with Crippen molar-refractivity contribution in [3.8, 4) is 0 Å². The third-order valence-electron chi connectivity index (χ3n) is 7.05. The van der Waals surface area contributed by atoms with Crippen LogP contribution in [-0.2, 0) is 39.8 Å². The average Bonchev–Trinajstić information content (AvgIpc) is 3.44. The molecule has 1 saturated carbocycles. The zero-order valence-electron chi connectivity index (χ0n) is 19.3. The molecule has 0 bridgehead atoms. The standard InChI is InChI=1S/C24H34O7/c1-7-27-20(25)16-13-24(16)19(28-14-15-11-9-8-10-12-15)17-18(21(26-6)31-24)30-23(4,5)22(2,3)29-17/h8-12,16-19,21H,7,13-14H2,1-6H3/t16-,17+,18+,19-,21-,24-/m0/s1. The number of fused-ring (bicyclic) bond motifs is 1. The number of carbonyl (C=O) groups is 1. The number of benzene rings is 1. The van der Waals surface area contributed by atoms with Crippen LogP contribution < -0.4 is 0 Å². The lowest BCUT2D eigenvalue weighted by atomic mass is 9.83. The van der Waals surface area contributed by atoms with Crippen molar-refractivity contribution in [2.24, 2.45) is 5.92 Å². The molecule has 0 radical (unpaired) electrons. The van der Waals surface area contributed by atoms with Crippen molar-refractivity contribution in [1.82, 2.24) is 0 Å². The second-order valence-corrected chi connectivity index (χ2v) is 9.59. The van der Waals surface area contributed by atoms with Gasteiger partial charge in [-0.25, -0.2) is 0 Å². The molecule has 31 heavy (non-hydrogen) atoms. The predicted octanol–water partition coefficient (Wildman–Crippen LogP) is 3.24. The fourth-order valence-corrected chi connectivity index (χ4v) is 4.58. The van der Waals surface area contributed by atoms with E-state index >= 15 is 0 Å². The van der Waals surface area contributed by atoms with E-state index in [1.165, 1.54) is 0 Å². The van der Waals surface area contributed by atoms with E-state index in [2.05, 4.69) is 0 Å². The Labute approximate surface area is 184 Å². The minimum Gasteiger partial charge on any atom is -0.466 e. The van der Waals surface area contributed by atoms with Crippen LogP contribution in [0.5, 0.6) is 0 Å². The summed E-state index contributed by atoms with van der Waals surface area (Å²) in [6.07, 6.45) is -1.61. The van der Waals surface area contributed by atoms with Gasteiger partial charge in [0.2, 0.25) is 0 Å². The van der Waals surface area contributed by atoms with Crippen molar-refractivity contribution in [3.05, 3.63) is 35.9 Å². The van der Waals surface area contributed by atoms with Crippen LogP contribution in [0.1, 0.15) is 46.6 Å². The molecule has 4 rings (SSSR count). The van der Waals surface area contributed by atoms with E-state index in [4.69, 9.17) is 28.4 Å². The summed E-state index contributed by atoms with van der Waals surface area (Å²) in [6.45, 7) is 10.5. The van der Waals surface area contributed by atoms with Crippen molar-refractivity contribution in [1.29, 1.82) is 0 Å². The summed E-state index contributed by atoms with van der Waals surface area (Å²) in [5, 5.41) is 0. The second kappa shape index (κ2) is 8.12. The van der Waals surface area contributed by atoms with Gasteiger partial charge in [0, 0.05) is 7.11 Å². The first-order valence-corrected chi connectivity index (χ1v) is 11.0. The van der Waals surface area contributed by atoms with Gasteiger partial charge in [-0.1, -0.05) is 30.3 Å². The van der Waals surface area contributed by atoms with Gasteiger partial charge in [-0.2, -0.15) is 0 Å². The van der Waals surface area contributed by atoms with Gasteiger partial charge >= 0.3 is 5.97 Å². The number of hydrogen-bond donors (Lipinski definition) is 0. The van der Waals surface area contributed by atoms with E-state index in [0.29, 0.717) is 19.6 Å². The van der Waals surface area contributed by atoms with E-state index in [1.807, 2.05) is 58.0 Å². The number of hydrogen-bond acceptors (Lipinski definition) is 7. The number of methoxy groups -OCH3 is 1. The van der Waals surface area contributed by atoms with Crippen LogP contribution in [0.25, 0.3) is 0 Å². The van der Waals surface area contributed by atoms with E-state index < -0.39 is 47.3 Å². The highest BCUT2D eigenvalue weighted by atomic mass is 16.7. The molecule has 3 aliphatic rings. The summed E-state index contributed by atoms with van der Waals surface area (Å²) < 4.78 is 36.9. The van der Waals surface area contributed by atoms with Crippen molar-refractivity contribution in [3.63, 3.8) is 0 Å². The molecular weight excluding hydrogens is 400 g/mol. The number of carbonyl (C=O) groups excluding carboxylic acids is 1. The molecule has 7 nitrogen and oxygen atoms in total. The normalized spacial score (nSPS) is 37.8. The Morgan fingerprint density at radius 2 is 1.68 bits per heavy atom. The first kappa shape index (κ1) is 22.7. The van der Waals surface area contributed by atoms with Crippen molar-refractivity contribution < 1.29 is 33.2 Å². The maximum absolute atomic E-state index is 12.6. The first-order chi connectivity index (χ1) is 14.6. The fraction of sp³-hybridized carbons (Fsp3) is 0.708. The van der Waals surface area contributed by atoms with Gasteiger partial charge in [0.15, 0.2) is 6.29 Å². The fourth-order valence-electron chi connectivity index (χ4n) is 4.58. The molecule has 7 heteroatoms. The average molecular weight is 435 g/mol. The SMILES string of the molecule is CCOC(=O)[C@@H]1C[C@]12O[C@H](OC)[C@@H]1OC(C)(C)C(C)(C)O[C@H]1[C@@H]2OCc1ccccc1. The molecule has 0 aromatic heterocycles. The summed E-state index contributed by atoms with van der Waals surface area (Å²) in [6, 6.07) is 9.92. The minimum atomic E-state index is -0.857. The number of rotatable bonds is 6. The number of esters is 1. The molecule has 0 N–H and O–H groups in total. The Balaban J connectivity index is 1.66. The van der Waals surface area contributed by atoms with Crippen LogP contribution in [0.15, 0.2) is 30.3 Å². The molecule has 1 aromatic rings. The lowest BCUT2D eigenvalue weighted by Gasteiger charge is -2.57. The van der Waals surface area contributed by atoms with Crippen LogP contribution in [-0.4, -0.2) is 61.1 Å². The molecule has 2 heterocycles. The third-order valence-corrected chi connectivity index (χ3v) is 7.05. The topological polar surface area (TPSA) is 72.5 Å². The molecule has 0 unspecified atom stereocenters. The largest absolute Gasteiger partial charge is 0.466 e. The maximum atomic E-state index is 12.6. The van der Waals surface area contributed by atoms with Crippen LogP contribution in [0.4, 0.5) is 0 Å². The van der Waals surface area contributed by atoms with Crippen LogP contribution in [0, 0.1) is 5.92 Å². The Bertz CT molecular complexity index is 792. The van der Waals surface area contributed by atoms with Crippen molar-refractivity contribution in [2.75, 3.05) is 13.7 Å². The van der Waals surface area contributed by atoms with E-state index in [9.17, 15) is 4.79 Å². The molecule has 1 aliphatic carbocycles. The van der Waals surface area contributed by atoms with Gasteiger partial charge < -0.3 is 28.4 Å². The zero-order valence-corrected chi connectivity index (χ0v) is 19.3. The highest BCUT2D eigenvalue weighted by Crippen LogP contribution is 2.58. The highest BCUT2D eigenvalue weighted by Gasteiger charge is 2.74. The molecule has 172 valence electrons. The molecule has 3 fully saturated rings. The van der Waals surface area contributed by atoms with E-state index in [1.54, 1.807) is 14.0 Å². The van der Waals surface area contributed by atoms with Crippen molar-refractivity contribution >= 4 is 5.97 Å². The lowest BCUT2D eigenvalue weighted by Crippen LogP contribution is -2.71. The van der Waals surface area contributed by atoms with Gasteiger partial charge in [-0.15, -0.1) is 0 Å². The van der Waals surface area contributed by atoms with Crippen LogP contribution in [0.3, 0.4) is 0 Å². The smallest absolute Gasteiger partial charge is 0.312 e. The summed E-state index contributed by atoms with van der Waals surface area (Å²) in [5.41, 5.74) is -0.961. The van der Waals surface area contributed by atoms with Gasteiger partial charge in [-0.05, 0) is 46.6 Å². The Kier molecular flexibility index (Phi) is 5.94. The molecule has 2 saturated heterocycles. The molecule has 6 atom stereocenters. The summed E-state index contributed by atoms with van der Waals surface area (Å²) in [7, 11) is 1.58. The Morgan fingerprint density at radius 3 is 2.29 bits per heavy atom. The van der Waals surface area contributed by atoms with Crippen molar-refractivity contribution in [2.45, 2.75) is 89.1 Å². The van der Waals surface area contributed by atoms with E-state index in [-0.39, 0.29) is 5.97 Å². The number of ether oxygens (including phenoxy) is 6.